The Kier molecular flexibility index (Phi) is 5.08. The number of anilines is 1. The maximum Gasteiger partial charge on any atom is 0.248 e. The number of amides is 1. The second-order valence-electron chi connectivity index (χ2n) is 5.09. The molecule has 0 bridgehead atoms. The molecule has 1 N–H and O–H groups in total. The van der Waals surface area contributed by atoms with Gasteiger partial charge in [0.2, 0.25) is 5.91 Å². The number of nitrogens with one attached hydrogen (secondary N) is 1. The van der Waals surface area contributed by atoms with Gasteiger partial charge in [0.1, 0.15) is 5.01 Å². The number of thiazole rings is 1. The molecular weight excluding hydrogens is 340 g/mol. The number of carbonyl (C=O) groups is 1. The lowest BCUT2D eigenvalue weighted by Crippen LogP contribution is -2.07. The van der Waals surface area contributed by atoms with Crippen LogP contribution in [-0.4, -0.2) is 10.9 Å². The molecule has 1 heterocycles. The van der Waals surface area contributed by atoms with E-state index in [1.165, 1.54) is 6.08 Å². The fourth-order valence-electron chi connectivity index (χ4n) is 2.26. The lowest BCUT2D eigenvalue weighted by molar-refractivity contribution is -0.111. The number of aromatic nitrogens is 1. The van der Waals surface area contributed by atoms with Gasteiger partial charge in [0.05, 0.1) is 10.7 Å². The van der Waals surface area contributed by atoms with Gasteiger partial charge in [-0.1, -0.05) is 48.0 Å². The molecule has 0 radical (unpaired) electrons. The van der Waals surface area contributed by atoms with Crippen molar-refractivity contribution in [1.29, 1.82) is 0 Å². The minimum Gasteiger partial charge on any atom is -0.323 e. The molecule has 120 valence electrons. The smallest absolute Gasteiger partial charge is 0.248 e. The molecule has 0 unspecified atom stereocenters. The van der Waals surface area contributed by atoms with E-state index >= 15 is 0 Å². The Bertz CT molecular complexity index is 902. The van der Waals surface area contributed by atoms with Crippen molar-refractivity contribution in [3.8, 4) is 21.8 Å². The molecule has 1 aromatic heterocycles. The SMILES string of the molecule is C/C=C/C(=O)Nc1cccc(-c2csc(-c3ccccc3Cl)n2)c1. The summed E-state index contributed by atoms with van der Waals surface area (Å²) in [7, 11) is 0. The van der Waals surface area contributed by atoms with Gasteiger partial charge < -0.3 is 5.32 Å². The molecule has 0 fully saturated rings. The second-order valence-corrected chi connectivity index (χ2v) is 6.35. The molecule has 0 aliphatic carbocycles. The van der Waals surface area contributed by atoms with Crippen LogP contribution in [0.25, 0.3) is 21.8 Å². The van der Waals surface area contributed by atoms with E-state index in [9.17, 15) is 4.79 Å². The Morgan fingerprint density at radius 1 is 1.21 bits per heavy atom. The highest BCUT2D eigenvalue weighted by molar-refractivity contribution is 7.13. The van der Waals surface area contributed by atoms with Crippen LogP contribution in [0.15, 0.2) is 66.1 Å². The number of nitrogens with zero attached hydrogens (tertiary/aromatic N) is 1. The number of rotatable bonds is 4. The molecule has 3 nitrogen and oxygen atoms in total. The third-order valence-corrected chi connectivity index (χ3v) is 4.56. The zero-order valence-corrected chi connectivity index (χ0v) is 14.6. The van der Waals surface area contributed by atoms with Crippen LogP contribution in [-0.2, 0) is 4.79 Å². The minimum absolute atomic E-state index is 0.148. The first kappa shape index (κ1) is 16.4. The molecule has 0 spiro atoms. The summed E-state index contributed by atoms with van der Waals surface area (Å²) in [5, 5.41) is 6.38. The maximum absolute atomic E-state index is 11.7. The van der Waals surface area contributed by atoms with Gasteiger partial charge in [0.25, 0.3) is 0 Å². The maximum atomic E-state index is 11.7. The third-order valence-electron chi connectivity index (χ3n) is 3.35. The summed E-state index contributed by atoms with van der Waals surface area (Å²) >= 11 is 7.78. The van der Waals surface area contributed by atoms with Crippen molar-refractivity contribution in [3.63, 3.8) is 0 Å². The van der Waals surface area contributed by atoms with Crippen molar-refractivity contribution in [2.45, 2.75) is 6.92 Å². The molecule has 0 aliphatic heterocycles. The van der Waals surface area contributed by atoms with E-state index < -0.39 is 0 Å². The predicted molar refractivity (Wildman–Crippen MR) is 101 cm³/mol. The molecule has 24 heavy (non-hydrogen) atoms. The van der Waals surface area contributed by atoms with Crippen molar-refractivity contribution >= 4 is 34.5 Å². The number of allylic oxidation sites excluding steroid dienone is 1. The summed E-state index contributed by atoms with van der Waals surface area (Å²) < 4.78 is 0. The topological polar surface area (TPSA) is 42.0 Å². The number of hydrogen-bond donors (Lipinski definition) is 1. The van der Waals surface area contributed by atoms with Gasteiger partial charge in [-0.2, -0.15) is 0 Å². The van der Waals surface area contributed by atoms with Crippen molar-refractivity contribution in [3.05, 3.63) is 71.1 Å². The second kappa shape index (κ2) is 7.43. The predicted octanol–water partition coefficient (Wildman–Crippen LogP) is 5.65. The first-order chi connectivity index (χ1) is 11.7. The van der Waals surface area contributed by atoms with Crippen LogP contribution in [0.1, 0.15) is 6.92 Å². The van der Waals surface area contributed by atoms with E-state index in [2.05, 4.69) is 10.3 Å². The average molecular weight is 355 g/mol. The van der Waals surface area contributed by atoms with Gasteiger partial charge in [-0.3, -0.25) is 4.79 Å². The van der Waals surface area contributed by atoms with Gasteiger partial charge in [-0.05, 0) is 31.2 Å². The van der Waals surface area contributed by atoms with Gasteiger partial charge in [0.15, 0.2) is 0 Å². The normalized spacial score (nSPS) is 10.9. The van der Waals surface area contributed by atoms with E-state index in [1.807, 2.05) is 60.8 Å². The van der Waals surface area contributed by atoms with Gasteiger partial charge >= 0.3 is 0 Å². The van der Waals surface area contributed by atoms with Crippen LogP contribution in [0.2, 0.25) is 5.02 Å². The molecule has 0 saturated heterocycles. The van der Waals surface area contributed by atoms with Gasteiger partial charge in [-0.25, -0.2) is 4.98 Å². The molecule has 0 saturated carbocycles. The first-order valence-corrected chi connectivity index (χ1v) is 8.67. The molecule has 3 aromatic rings. The quantitative estimate of drug-likeness (QED) is 0.615. The zero-order chi connectivity index (χ0) is 16.9. The lowest BCUT2D eigenvalue weighted by Gasteiger charge is -2.04. The van der Waals surface area contributed by atoms with Crippen LogP contribution in [0.4, 0.5) is 5.69 Å². The highest BCUT2D eigenvalue weighted by atomic mass is 35.5. The summed E-state index contributed by atoms with van der Waals surface area (Å²) in [4.78, 5) is 16.3. The highest BCUT2D eigenvalue weighted by Crippen LogP contribution is 2.33. The van der Waals surface area contributed by atoms with Crippen LogP contribution in [0.3, 0.4) is 0 Å². The summed E-state index contributed by atoms with van der Waals surface area (Å²) in [5.41, 5.74) is 3.47. The summed E-state index contributed by atoms with van der Waals surface area (Å²) in [5.74, 6) is -0.148. The van der Waals surface area contributed by atoms with Crippen molar-refractivity contribution < 1.29 is 4.79 Å². The van der Waals surface area contributed by atoms with Crippen LogP contribution < -0.4 is 5.32 Å². The summed E-state index contributed by atoms with van der Waals surface area (Å²) in [6.07, 6.45) is 3.19. The molecule has 0 aliphatic rings. The Balaban J connectivity index is 1.88. The van der Waals surface area contributed by atoms with Crippen molar-refractivity contribution in [1.82, 2.24) is 4.98 Å². The minimum atomic E-state index is -0.148. The molecule has 3 rings (SSSR count). The standard InChI is InChI=1S/C19H15ClN2OS/c1-2-6-18(23)21-14-8-5-7-13(11-14)17-12-24-19(22-17)15-9-3-4-10-16(15)20/h2-12H,1H3,(H,21,23)/b6-2+. The summed E-state index contributed by atoms with van der Waals surface area (Å²) in [6.45, 7) is 1.81. The van der Waals surface area contributed by atoms with E-state index in [-0.39, 0.29) is 5.91 Å². The van der Waals surface area contributed by atoms with E-state index in [0.717, 1.165) is 27.5 Å². The monoisotopic (exact) mass is 354 g/mol. The van der Waals surface area contributed by atoms with E-state index in [1.54, 1.807) is 17.4 Å². The number of carbonyl (C=O) groups excluding carboxylic acids is 1. The van der Waals surface area contributed by atoms with E-state index in [0.29, 0.717) is 5.02 Å². The van der Waals surface area contributed by atoms with Crippen LogP contribution in [0.5, 0.6) is 0 Å². The van der Waals surface area contributed by atoms with Crippen molar-refractivity contribution in [2.75, 3.05) is 5.32 Å². The molecule has 2 aromatic carbocycles. The number of hydrogen-bond acceptors (Lipinski definition) is 3. The largest absolute Gasteiger partial charge is 0.323 e. The fourth-order valence-corrected chi connectivity index (χ4v) is 3.41. The molecular formula is C19H15ClN2OS. The van der Waals surface area contributed by atoms with Gasteiger partial charge in [-0.15, -0.1) is 11.3 Å². The Morgan fingerprint density at radius 3 is 2.83 bits per heavy atom. The molecule has 1 amide bonds. The average Bonchev–Trinajstić information content (AvgIpc) is 3.05. The van der Waals surface area contributed by atoms with E-state index in [4.69, 9.17) is 11.6 Å². The van der Waals surface area contributed by atoms with Crippen LogP contribution >= 0.6 is 22.9 Å². The highest BCUT2D eigenvalue weighted by Gasteiger charge is 2.10. The van der Waals surface area contributed by atoms with Gasteiger partial charge in [0, 0.05) is 22.2 Å². The lowest BCUT2D eigenvalue weighted by atomic mass is 10.1. The Labute approximate surface area is 149 Å². The molecule has 0 atom stereocenters. The number of halogens is 1. The fraction of sp³-hybridized carbons (Fsp3) is 0.0526. The third kappa shape index (κ3) is 3.72. The molecule has 5 heteroatoms. The summed E-state index contributed by atoms with van der Waals surface area (Å²) in [6, 6.07) is 15.3. The first-order valence-electron chi connectivity index (χ1n) is 7.42. The van der Waals surface area contributed by atoms with Crippen molar-refractivity contribution in [2.24, 2.45) is 0 Å². The Hall–Kier alpha value is -2.43. The Morgan fingerprint density at radius 2 is 2.04 bits per heavy atom. The van der Waals surface area contributed by atoms with Crippen LogP contribution in [0, 0.1) is 0 Å². The number of benzene rings is 2. The zero-order valence-electron chi connectivity index (χ0n) is 13.0.